The molecule has 0 bridgehead atoms. The summed E-state index contributed by atoms with van der Waals surface area (Å²) in [5.74, 6) is 1.38. The zero-order valence-corrected chi connectivity index (χ0v) is 12.5. The topological polar surface area (TPSA) is 0 Å². The van der Waals surface area contributed by atoms with E-state index in [1.165, 1.54) is 41.2 Å². The van der Waals surface area contributed by atoms with Crippen molar-refractivity contribution in [2.45, 2.75) is 38.5 Å². The lowest BCUT2D eigenvalue weighted by atomic mass is 9.86. The average molecular weight is 273 g/mol. The van der Waals surface area contributed by atoms with Crippen LogP contribution in [-0.2, 0) is 0 Å². The number of aryl methyl sites for hydroxylation is 1. The van der Waals surface area contributed by atoms with Gasteiger partial charge in [-0.15, -0.1) is 11.6 Å². The summed E-state index contributed by atoms with van der Waals surface area (Å²) >= 11 is 6.89. The molecule has 0 heterocycles. The minimum atomic E-state index is 0.156. The lowest BCUT2D eigenvalue weighted by Crippen LogP contribution is -2.12. The molecule has 3 rings (SSSR count). The summed E-state index contributed by atoms with van der Waals surface area (Å²) in [4.78, 5) is 0. The van der Waals surface area contributed by atoms with Gasteiger partial charge >= 0.3 is 0 Å². The van der Waals surface area contributed by atoms with Crippen molar-refractivity contribution in [3.8, 4) is 0 Å². The quantitative estimate of drug-likeness (QED) is 0.600. The lowest BCUT2D eigenvalue weighted by Gasteiger charge is -2.24. The van der Waals surface area contributed by atoms with E-state index in [1.54, 1.807) is 0 Å². The van der Waals surface area contributed by atoms with E-state index in [-0.39, 0.29) is 5.38 Å². The summed E-state index contributed by atoms with van der Waals surface area (Å²) in [7, 11) is 0. The van der Waals surface area contributed by atoms with Gasteiger partial charge in [0, 0.05) is 0 Å². The second-order valence-corrected chi connectivity index (χ2v) is 6.46. The van der Waals surface area contributed by atoms with Crippen LogP contribution in [0.2, 0.25) is 0 Å². The van der Waals surface area contributed by atoms with E-state index >= 15 is 0 Å². The molecule has 0 aliphatic heterocycles. The summed E-state index contributed by atoms with van der Waals surface area (Å²) in [5, 5.41) is 2.80. The molecule has 1 aliphatic carbocycles. The van der Waals surface area contributed by atoms with E-state index in [9.17, 15) is 0 Å². The molecule has 0 spiro atoms. The van der Waals surface area contributed by atoms with Crippen LogP contribution in [0.3, 0.4) is 0 Å². The Morgan fingerprint density at radius 1 is 1.11 bits per heavy atom. The molecule has 1 aliphatic rings. The molecule has 0 aromatic heterocycles. The van der Waals surface area contributed by atoms with Gasteiger partial charge in [-0.1, -0.05) is 56.2 Å². The molecular formula is C18H21Cl. The highest BCUT2D eigenvalue weighted by Crippen LogP contribution is 2.46. The average Bonchev–Trinajstić information content (AvgIpc) is 2.84. The third-order valence-electron chi connectivity index (χ3n) is 4.77. The first kappa shape index (κ1) is 13.0. The van der Waals surface area contributed by atoms with E-state index in [1.807, 2.05) is 0 Å². The van der Waals surface area contributed by atoms with Crippen LogP contribution in [0.5, 0.6) is 0 Å². The Bertz CT molecular complexity index is 587. The molecule has 2 aromatic rings. The van der Waals surface area contributed by atoms with Gasteiger partial charge in [-0.25, -0.2) is 0 Å². The van der Waals surface area contributed by atoms with E-state index < -0.39 is 0 Å². The van der Waals surface area contributed by atoms with Crippen molar-refractivity contribution in [3.63, 3.8) is 0 Å². The maximum atomic E-state index is 6.89. The highest BCUT2D eigenvalue weighted by molar-refractivity contribution is 6.22. The van der Waals surface area contributed by atoms with Gasteiger partial charge in [-0.2, -0.15) is 0 Å². The molecule has 1 heteroatoms. The molecule has 0 amide bonds. The van der Waals surface area contributed by atoms with E-state index in [4.69, 9.17) is 11.6 Å². The predicted octanol–water partition coefficient (Wildman–Crippen LogP) is 5.86. The molecule has 0 N–H and O–H groups in total. The third kappa shape index (κ3) is 2.27. The first-order valence-corrected chi connectivity index (χ1v) is 7.74. The Kier molecular flexibility index (Phi) is 3.54. The third-order valence-corrected chi connectivity index (χ3v) is 5.31. The van der Waals surface area contributed by atoms with E-state index in [2.05, 4.69) is 50.2 Å². The van der Waals surface area contributed by atoms with Crippen molar-refractivity contribution in [1.29, 1.82) is 0 Å². The number of fused-ring (bicyclic) bond motifs is 1. The van der Waals surface area contributed by atoms with Crippen LogP contribution in [0.4, 0.5) is 0 Å². The van der Waals surface area contributed by atoms with Crippen LogP contribution in [0, 0.1) is 18.8 Å². The van der Waals surface area contributed by atoms with Gasteiger partial charge in [-0.05, 0) is 47.1 Å². The molecule has 2 aromatic carbocycles. The highest BCUT2D eigenvalue weighted by atomic mass is 35.5. The maximum absolute atomic E-state index is 6.89. The van der Waals surface area contributed by atoms with Gasteiger partial charge in [0.25, 0.3) is 0 Å². The summed E-state index contributed by atoms with van der Waals surface area (Å²) in [6.45, 7) is 4.55. The Labute approximate surface area is 120 Å². The van der Waals surface area contributed by atoms with Gasteiger partial charge in [0.2, 0.25) is 0 Å². The molecular weight excluding hydrogens is 252 g/mol. The van der Waals surface area contributed by atoms with Crippen LogP contribution in [0.1, 0.15) is 42.7 Å². The summed E-state index contributed by atoms with van der Waals surface area (Å²) in [5.41, 5.74) is 2.69. The van der Waals surface area contributed by atoms with Crippen molar-refractivity contribution < 1.29 is 0 Å². The molecule has 3 unspecified atom stereocenters. The Morgan fingerprint density at radius 2 is 1.89 bits per heavy atom. The smallest absolute Gasteiger partial charge is 0.0624 e. The minimum Gasteiger partial charge on any atom is -0.117 e. The molecule has 0 nitrogen and oxygen atoms in total. The molecule has 3 atom stereocenters. The van der Waals surface area contributed by atoms with Gasteiger partial charge in [0.1, 0.15) is 0 Å². The molecule has 1 fully saturated rings. The fourth-order valence-electron chi connectivity index (χ4n) is 3.59. The van der Waals surface area contributed by atoms with Crippen LogP contribution in [0.15, 0.2) is 36.4 Å². The highest BCUT2D eigenvalue weighted by Gasteiger charge is 2.32. The van der Waals surface area contributed by atoms with Gasteiger partial charge in [0.15, 0.2) is 0 Å². The Balaban J connectivity index is 2.10. The van der Waals surface area contributed by atoms with Crippen molar-refractivity contribution in [1.82, 2.24) is 0 Å². The Hall–Kier alpha value is -1.01. The zero-order valence-electron chi connectivity index (χ0n) is 11.7. The van der Waals surface area contributed by atoms with Gasteiger partial charge in [0.05, 0.1) is 5.38 Å². The van der Waals surface area contributed by atoms with Crippen LogP contribution >= 0.6 is 11.6 Å². The van der Waals surface area contributed by atoms with E-state index in [0.29, 0.717) is 5.92 Å². The molecule has 1 saturated carbocycles. The molecule has 100 valence electrons. The Morgan fingerprint density at radius 3 is 2.63 bits per heavy atom. The van der Waals surface area contributed by atoms with Gasteiger partial charge in [-0.3, -0.25) is 0 Å². The van der Waals surface area contributed by atoms with Crippen molar-refractivity contribution >= 4 is 22.4 Å². The predicted molar refractivity (Wildman–Crippen MR) is 83.8 cm³/mol. The van der Waals surface area contributed by atoms with Crippen LogP contribution < -0.4 is 0 Å². The fourth-order valence-corrected chi connectivity index (χ4v) is 4.26. The van der Waals surface area contributed by atoms with Crippen LogP contribution in [-0.4, -0.2) is 0 Å². The van der Waals surface area contributed by atoms with Crippen molar-refractivity contribution in [3.05, 3.63) is 47.5 Å². The largest absolute Gasteiger partial charge is 0.117 e. The van der Waals surface area contributed by atoms with E-state index in [0.717, 1.165) is 5.92 Å². The molecule has 19 heavy (non-hydrogen) atoms. The minimum absolute atomic E-state index is 0.156. The standard InChI is InChI=1S/C18H21Cl/c1-12-6-5-9-15(12)18(19)17-13(2)10-11-14-7-3-4-8-16(14)17/h3-4,7-8,10-12,15,18H,5-6,9H2,1-2H3. The van der Waals surface area contributed by atoms with Crippen molar-refractivity contribution in [2.24, 2.45) is 11.8 Å². The SMILES string of the molecule is Cc1ccc2ccccc2c1C(Cl)C1CCCC1C. The second kappa shape index (κ2) is 5.17. The number of hydrogen-bond acceptors (Lipinski definition) is 0. The number of alkyl halides is 1. The van der Waals surface area contributed by atoms with Crippen molar-refractivity contribution in [2.75, 3.05) is 0 Å². The number of hydrogen-bond donors (Lipinski definition) is 0. The zero-order chi connectivity index (χ0) is 13.4. The van der Waals surface area contributed by atoms with Crippen LogP contribution in [0.25, 0.3) is 10.8 Å². The fraction of sp³-hybridized carbons (Fsp3) is 0.444. The summed E-state index contributed by atoms with van der Waals surface area (Å²) < 4.78 is 0. The summed E-state index contributed by atoms with van der Waals surface area (Å²) in [6.07, 6.45) is 3.94. The summed E-state index contributed by atoms with van der Waals surface area (Å²) in [6, 6.07) is 13.0. The lowest BCUT2D eigenvalue weighted by molar-refractivity contribution is 0.406. The first-order valence-electron chi connectivity index (χ1n) is 7.31. The number of benzene rings is 2. The number of rotatable bonds is 2. The number of halogens is 1. The molecule has 0 radical (unpaired) electrons. The molecule has 0 saturated heterocycles. The second-order valence-electron chi connectivity index (χ2n) is 5.99. The monoisotopic (exact) mass is 272 g/mol. The maximum Gasteiger partial charge on any atom is 0.0624 e. The normalized spacial score (nSPS) is 24.8. The van der Waals surface area contributed by atoms with Gasteiger partial charge < -0.3 is 0 Å². The first-order chi connectivity index (χ1) is 9.18.